The number of likely N-dealkylation sites (tertiary alicyclic amines) is 1. The molecule has 2 heterocycles. The molecule has 1 saturated heterocycles. The second-order valence-electron chi connectivity index (χ2n) is 10.6. The van der Waals surface area contributed by atoms with Crippen molar-refractivity contribution in [2.24, 2.45) is 5.92 Å². The molecular formula is C29H34N4O4. The predicted molar refractivity (Wildman–Crippen MR) is 138 cm³/mol. The Morgan fingerprint density at radius 2 is 1.89 bits per heavy atom. The van der Waals surface area contributed by atoms with Gasteiger partial charge in [0.25, 0.3) is 5.91 Å². The first kappa shape index (κ1) is 26.4. The molecule has 2 aromatic carbocycles. The molecule has 2 aromatic rings. The molecule has 1 fully saturated rings. The molecule has 3 unspecified atom stereocenters. The minimum absolute atomic E-state index is 0.0449. The molecule has 194 valence electrons. The topological polar surface area (TPSA) is 114 Å². The molecule has 8 nitrogen and oxygen atoms in total. The summed E-state index contributed by atoms with van der Waals surface area (Å²) in [4.78, 5) is 43.3. The summed E-state index contributed by atoms with van der Waals surface area (Å²) in [5.74, 6) is -0.873. The lowest BCUT2D eigenvalue weighted by molar-refractivity contribution is -0.143. The number of β-amino-alcohol motifs (C(OH)–C–C–N with tert-alkyl or cyclic N) is 1. The van der Waals surface area contributed by atoms with Crippen LogP contribution in [0.1, 0.15) is 72.6 Å². The van der Waals surface area contributed by atoms with Gasteiger partial charge in [-0.15, -0.1) is 0 Å². The number of hydrogen-bond acceptors (Lipinski definition) is 5. The first-order valence-electron chi connectivity index (χ1n) is 12.8. The summed E-state index contributed by atoms with van der Waals surface area (Å²) >= 11 is 0. The van der Waals surface area contributed by atoms with E-state index >= 15 is 0 Å². The predicted octanol–water partition coefficient (Wildman–Crippen LogP) is 2.94. The van der Waals surface area contributed by atoms with E-state index in [2.05, 4.69) is 11.4 Å². The van der Waals surface area contributed by atoms with Crippen molar-refractivity contribution >= 4 is 17.7 Å². The summed E-state index contributed by atoms with van der Waals surface area (Å²) < 4.78 is 0. The van der Waals surface area contributed by atoms with Crippen LogP contribution in [-0.4, -0.2) is 57.4 Å². The largest absolute Gasteiger partial charge is 0.391 e. The first-order chi connectivity index (χ1) is 17.6. The maximum atomic E-state index is 13.8. The Balaban J connectivity index is 1.51. The molecule has 8 heteroatoms. The first-order valence-corrected chi connectivity index (χ1v) is 12.8. The fraction of sp³-hybridized carbons (Fsp3) is 0.448. The number of aliphatic hydroxyl groups excluding tert-OH is 1. The van der Waals surface area contributed by atoms with Crippen molar-refractivity contribution in [1.29, 1.82) is 5.26 Å². The van der Waals surface area contributed by atoms with Crippen molar-refractivity contribution in [1.82, 2.24) is 15.1 Å². The third kappa shape index (κ3) is 5.23. The Morgan fingerprint density at radius 1 is 1.16 bits per heavy atom. The van der Waals surface area contributed by atoms with Crippen molar-refractivity contribution in [3.63, 3.8) is 0 Å². The number of amides is 3. The average Bonchev–Trinajstić information content (AvgIpc) is 3.42. The Bertz CT molecular complexity index is 1250. The smallest absolute Gasteiger partial charge is 0.255 e. The quantitative estimate of drug-likeness (QED) is 0.604. The number of carbonyl (C=O) groups excluding carboxylic acids is 3. The number of nitriles is 1. The summed E-state index contributed by atoms with van der Waals surface area (Å²) in [5, 5.41) is 22.6. The zero-order valence-corrected chi connectivity index (χ0v) is 21.8. The maximum absolute atomic E-state index is 13.8. The van der Waals surface area contributed by atoms with E-state index in [9.17, 15) is 24.8 Å². The maximum Gasteiger partial charge on any atom is 0.255 e. The van der Waals surface area contributed by atoms with Gasteiger partial charge in [0.2, 0.25) is 11.8 Å². The van der Waals surface area contributed by atoms with E-state index in [0.29, 0.717) is 17.7 Å². The molecule has 2 aliphatic rings. The van der Waals surface area contributed by atoms with Crippen molar-refractivity contribution in [2.75, 3.05) is 6.54 Å². The van der Waals surface area contributed by atoms with Crippen LogP contribution in [0.4, 0.5) is 0 Å². The minimum Gasteiger partial charge on any atom is -0.391 e. The van der Waals surface area contributed by atoms with E-state index in [1.54, 1.807) is 17.0 Å². The lowest BCUT2D eigenvalue weighted by atomic mass is 9.95. The van der Waals surface area contributed by atoms with Gasteiger partial charge in [0.15, 0.2) is 0 Å². The number of rotatable bonds is 7. The number of benzene rings is 2. The van der Waals surface area contributed by atoms with E-state index in [0.717, 1.165) is 16.7 Å². The number of aliphatic hydroxyl groups is 1. The van der Waals surface area contributed by atoms with Gasteiger partial charge < -0.3 is 20.2 Å². The highest BCUT2D eigenvalue weighted by molar-refractivity contribution is 6.01. The highest BCUT2D eigenvalue weighted by Gasteiger charge is 2.45. The van der Waals surface area contributed by atoms with Crippen LogP contribution in [0.3, 0.4) is 0 Å². The van der Waals surface area contributed by atoms with Crippen molar-refractivity contribution in [2.45, 2.75) is 71.3 Å². The van der Waals surface area contributed by atoms with Gasteiger partial charge in [0, 0.05) is 31.6 Å². The second-order valence-corrected chi connectivity index (χ2v) is 10.6. The Kier molecular flexibility index (Phi) is 7.65. The van der Waals surface area contributed by atoms with Crippen LogP contribution in [0.5, 0.6) is 0 Å². The van der Waals surface area contributed by atoms with E-state index in [4.69, 9.17) is 0 Å². The third-order valence-electron chi connectivity index (χ3n) is 7.28. The van der Waals surface area contributed by atoms with Crippen LogP contribution in [0, 0.1) is 17.2 Å². The Labute approximate surface area is 217 Å². The molecule has 3 amide bonds. The van der Waals surface area contributed by atoms with Crippen molar-refractivity contribution in [3.8, 4) is 6.07 Å². The summed E-state index contributed by atoms with van der Waals surface area (Å²) in [6, 6.07) is 13.3. The standard InChI is InChI=1S/C29H34N4O4/c1-17(2)24-11-19(13-30)9-10-20(24)14-31-27(35)25-12-22(34)16-32(25)29(37)26(18(3)4)33-15-21-7-5-6-8-23(21)28(33)36/h5-11,17-18,22,25-26,34H,12,14-16H2,1-4H3,(H,31,35). The van der Waals surface area contributed by atoms with Gasteiger partial charge >= 0.3 is 0 Å². The highest BCUT2D eigenvalue weighted by Crippen LogP contribution is 2.30. The molecule has 0 aromatic heterocycles. The molecule has 0 aliphatic carbocycles. The number of nitrogens with zero attached hydrogens (tertiary/aromatic N) is 3. The molecule has 2 N–H and O–H groups in total. The van der Waals surface area contributed by atoms with E-state index < -0.39 is 18.2 Å². The second kappa shape index (κ2) is 10.7. The molecule has 4 rings (SSSR count). The van der Waals surface area contributed by atoms with Gasteiger partial charge in [-0.1, -0.05) is 52.0 Å². The van der Waals surface area contributed by atoms with Gasteiger partial charge in [0.1, 0.15) is 12.1 Å². The Hall–Kier alpha value is -3.70. The SMILES string of the molecule is CC(C)c1cc(C#N)ccc1CNC(=O)C1CC(O)CN1C(=O)C(C(C)C)N1Cc2ccccc2C1=O. The zero-order chi connectivity index (χ0) is 26.9. The van der Waals surface area contributed by atoms with Crippen LogP contribution in [-0.2, 0) is 22.7 Å². The molecular weight excluding hydrogens is 468 g/mol. The molecule has 0 radical (unpaired) electrons. The fourth-order valence-corrected chi connectivity index (χ4v) is 5.42. The molecule has 0 spiro atoms. The van der Waals surface area contributed by atoms with Crippen molar-refractivity contribution < 1.29 is 19.5 Å². The van der Waals surface area contributed by atoms with E-state index in [-0.39, 0.29) is 49.1 Å². The monoisotopic (exact) mass is 502 g/mol. The summed E-state index contributed by atoms with van der Waals surface area (Å²) in [7, 11) is 0. The van der Waals surface area contributed by atoms with E-state index in [1.165, 1.54) is 4.90 Å². The van der Waals surface area contributed by atoms with E-state index in [1.807, 2.05) is 58.0 Å². The van der Waals surface area contributed by atoms with Crippen LogP contribution < -0.4 is 5.32 Å². The molecule has 37 heavy (non-hydrogen) atoms. The Morgan fingerprint density at radius 3 is 2.54 bits per heavy atom. The molecule has 0 bridgehead atoms. The van der Waals surface area contributed by atoms with Crippen LogP contribution in [0.2, 0.25) is 0 Å². The summed E-state index contributed by atoms with van der Waals surface area (Å²) in [6.07, 6.45) is -0.679. The minimum atomic E-state index is -0.829. The number of carbonyl (C=O) groups is 3. The van der Waals surface area contributed by atoms with Crippen LogP contribution in [0.15, 0.2) is 42.5 Å². The molecule has 2 aliphatic heterocycles. The number of nitrogens with one attached hydrogen (secondary N) is 1. The fourth-order valence-electron chi connectivity index (χ4n) is 5.42. The molecule has 0 saturated carbocycles. The van der Waals surface area contributed by atoms with Gasteiger partial charge in [0.05, 0.1) is 17.7 Å². The van der Waals surface area contributed by atoms with Crippen molar-refractivity contribution in [3.05, 3.63) is 70.3 Å². The number of hydrogen-bond donors (Lipinski definition) is 2. The summed E-state index contributed by atoms with van der Waals surface area (Å²) in [5.41, 5.74) is 3.92. The summed E-state index contributed by atoms with van der Waals surface area (Å²) in [6.45, 7) is 8.47. The zero-order valence-electron chi connectivity index (χ0n) is 21.8. The molecule has 3 atom stereocenters. The van der Waals surface area contributed by atoms with Gasteiger partial charge in [-0.2, -0.15) is 5.26 Å². The third-order valence-corrected chi connectivity index (χ3v) is 7.28. The van der Waals surface area contributed by atoms with Crippen LogP contribution in [0.25, 0.3) is 0 Å². The lowest BCUT2D eigenvalue weighted by Crippen LogP contribution is -2.55. The highest BCUT2D eigenvalue weighted by atomic mass is 16.3. The van der Waals surface area contributed by atoms with Gasteiger partial charge in [-0.3, -0.25) is 14.4 Å². The lowest BCUT2D eigenvalue weighted by Gasteiger charge is -2.35. The van der Waals surface area contributed by atoms with Crippen LogP contribution >= 0.6 is 0 Å². The van der Waals surface area contributed by atoms with Gasteiger partial charge in [-0.05, 0) is 46.7 Å². The normalized spacial score (nSPS) is 19.8. The number of fused-ring (bicyclic) bond motifs is 1. The van der Waals surface area contributed by atoms with Gasteiger partial charge in [-0.25, -0.2) is 0 Å². The average molecular weight is 503 g/mol.